The molecule has 0 unspecified atom stereocenters. The van der Waals surface area contributed by atoms with Crippen molar-refractivity contribution in [2.24, 2.45) is 5.10 Å². The zero-order chi connectivity index (χ0) is 28.9. The summed E-state index contributed by atoms with van der Waals surface area (Å²) in [4.78, 5) is 38.2. The molecule has 0 saturated heterocycles. The van der Waals surface area contributed by atoms with E-state index in [2.05, 4.69) is 15.8 Å². The lowest BCUT2D eigenvalue weighted by Crippen LogP contribution is -2.18. The van der Waals surface area contributed by atoms with Gasteiger partial charge in [-0.05, 0) is 79.2 Å². The summed E-state index contributed by atoms with van der Waals surface area (Å²) in [6, 6.07) is 25.5. The number of anilines is 1. The van der Waals surface area contributed by atoms with Gasteiger partial charge in [-0.2, -0.15) is 5.10 Å². The van der Waals surface area contributed by atoms with Crippen molar-refractivity contribution in [3.8, 4) is 5.75 Å². The molecule has 0 radical (unpaired) electrons. The summed E-state index contributed by atoms with van der Waals surface area (Å²) < 4.78 is 6.54. The lowest BCUT2D eigenvalue weighted by atomic mass is 10.1. The monoisotopic (exact) mass is 601 g/mol. The van der Waals surface area contributed by atoms with Crippen LogP contribution in [0.4, 0.5) is 5.69 Å². The van der Waals surface area contributed by atoms with Crippen LogP contribution in [-0.2, 0) is 0 Å². The molecule has 0 bridgehead atoms. The van der Waals surface area contributed by atoms with E-state index in [1.807, 2.05) is 25.1 Å². The number of hydrogen-bond donors (Lipinski definition) is 2. The number of fused-ring (bicyclic) bond motifs is 1. The molecule has 7 nitrogen and oxygen atoms in total. The number of halogens is 2. The third kappa shape index (κ3) is 6.63. The van der Waals surface area contributed by atoms with Crippen LogP contribution < -0.4 is 15.5 Å². The number of thiophene rings is 1. The first kappa shape index (κ1) is 28.0. The molecule has 0 atom stereocenters. The highest BCUT2D eigenvalue weighted by Crippen LogP contribution is 2.36. The topological polar surface area (TPSA) is 96.9 Å². The molecular weight excluding hydrogens is 581 g/mol. The number of ether oxygens (including phenoxy) is 1. The van der Waals surface area contributed by atoms with Crippen LogP contribution in [0.5, 0.6) is 5.75 Å². The van der Waals surface area contributed by atoms with Crippen LogP contribution in [0.2, 0.25) is 10.0 Å². The summed E-state index contributed by atoms with van der Waals surface area (Å²) in [6.07, 6.45) is 1.39. The first-order valence-electron chi connectivity index (χ1n) is 12.3. The maximum absolute atomic E-state index is 13.0. The number of hydrazone groups is 1. The molecule has 5 aromatic rings. The van der Waals surface area contributed by atoms with Crippen LogP contribution in [0.25, 0.3) is 10.1 Å². The number of benzene rings is 4. The second-order valence-corrected chi connectivity index (χ2v) is 10.8. The Bertz CT molecular complexity index is 1800. The molecular formula is C31H21Cl2N3O4S. The number of nitrogens with one attached hydrogen (secondary N) is 2. The van der Waals surface area contributed by atoms with E-state index in [0.717, 1.165) is 15.6 Å². The summed E-state index contributed by atoms with van der Waals surface area (Å²) in [5, 5.41) is 8.47. The van der Waals surface area contributed by atoms with E-state index < -0.39 is 11.9 Å². The molecule has 5 rings (SSSR count). The number of para-hydroxylation sites is 1. The number of esters is 1. The normalized spacial score (nSPS) is 11.0. The highest BCUT2D eigenvalue weighted by molar-refractivity contribution is 7.21. The molecule has 1 heterocycles. The van der Waals surface area contributed by atoms with Crippen molar-refractivity contribution in [2.45, 2.75) is 6.92 Å². The fourth-order valence-electron chi connectivity index (χ4n) is 3.86. The highest BCUT2D eigenvalue weighted by Gasteiger charge is 2.20. The van der Waals surface area contributed by atoms with Crippen LogP contribution >= 0.6 is 34.5 Å². The summed E-state index contributed by atoms with van der Waals surface area (Å²) in [5.74, 6) is -1.07. The Morgan fingerprint density at radius 1 is 0.854 bits per heavy atom. The van der Waals surface area contributed by atoms with E-state index >= 15 is 0 Å². The molecule has 0 spiro atoms. The molecule has 2 amide bonds. The van der Waals surface area contributed by atoms with E-state index in [4.69, 9.17) is 27.9 Å². The van der Waals surface area contributed by atoms with Crippen molar-refractivity contribution in [1.29, 1.82) is 0 Å². The number of hydrogen-bond acceptors (Lipinski definition) is 6. The molecule has 0 saturated carbocycles. The Hall–Kier alpha value is -4.50. The fourth-order valence-corrected chi connectivity index (χ4v) is 5.47. The molecule has 41 heavy (non-hydrogen) atoms. The fraction of sp³-hybridized carbons (Fsp3) is 0.0323. The molecule has 10 heteroatoms. The van der Waals surface area contributed by atoms with Crippen molar-refractivity contribution in [2.75, 3.05) is 5.32 Å². The van der Waals surface area contributed by atoms with Crippen LogP contribution in [0.3, 0.4) is 0 Å². The van der Waals surface area contributed by atoms with Crippen LogP contribution in [0.15, 0.2) is 96.1 Å². The van der Waals surface area contributed by atoms with E-state index in [-0.39, 0.29) is 11.7 Å². The SMILES string of the molecule is Cc1ccc2c(Cl)c(C(=O)Oc3ccccc3/C=N\NC(=O)c3ccc(NC(=O)c4ccc(Cl)cc4)cc3)sc2c1. The van der Waals surface area contributed by atoms with Crippen molar-refractivity contribution in [3.63, 3.8) is 0 Å². The molecule has 2 N–H and O–H groups in total. The quantitative estimate of drug-likeness (QED) is 0.0862. The van der Waals surface area contributed by atoms with Crippen LogP contribution in [0, 0.1) is 6.92 Å². The van der Waals surface area contributed by atoms with Gasteiger partial charge in [0.2, 0.25) is 0 Å². The molecule has 4 aromatic carbocycles. The largest absolute Gasteiger partial charge is 0.422 e. The van der Waals surface area contributed by atoms with Crippen molar-refractivity contribution in [3.05, 3.63) is 128 Å². The summed E-state index contributed by atoms with van der Waals surface area (Å²) >= 11 is 13.6. The maximum atomic E-state index is 13.0. The van der Waals surface area contributed by atoms with Gasteiger partial charge in [-0.1, -0.05) is 47.5 Å². The standard InChI is InChI=1S/C31H21Cl2N3O4S/c1-18-6-15-24-26(16-18)41-28(27(24)33)31(39)40-25-5-3-2-4-21(25)17-34-36-30(38)20-9-13-23(14-10-20)35-29(37)19-7-11-22(32)12-8-19/h2-17H,1H3,(H,35,37)(H,36,38)/b34-17-. The highest BCUT2D eigenvalue weighted by atomic mass is 35.5. The van der Waals surface area contributed by atoms with Crippen LogP contribution in [0.1, 0.15) is 41.5 Å². The van der Waals surface area contributed by atoms with Gasteiger partial charge in [-0.3, -0.25) is 9.59 Å². The Balaban J connectivity index is 1.21. The van der Waals surface area contributed by atoms with Gasteiger partial charge in [0.25, 0.3) is 11.8 Å². The number of aryl methyl sites for hydroxylation is 1. The van der Waals surface area contributed by atoms with Crippen molar-refractivity contribution in [1.82, 2.24) is 5.43 Å². The Kier molecular flexibility index (Phi) is 8.45. The smallest absolute Gasteiger partial charge is 0.355 e. The minimum Gasteiger partial charge on any atom is -0.422 e. The summed E-state index contributed by atoms with van der Waals surface area (Å²) in [6.45, 7) is 1.97. The zero-order valence-corrected chi connectivity index (χ0v) is 23.8. The van der Waals surface area contributed by atoms with Gasteiger partial charge >= 0.3 is 5.97 Å². The summed E-state index contributed by atoms with van der Waals surface area (Å²) in [5.41, 5.74) is 5.31. The molecule has 1 aromatic heterocycles. The number of carbonyl (C=O) groups excluding carboxylic acids is 3. The number of amides is 2. The number of nitrogens with zero attached hydrogens (tertiary/aromatic N) is 1. The van der Waals surface area contributed by atoms with Crippen molar-refractivity contribution < 1.29 is 19.1 Å². The van der Waals surface area contributed by atoms with E-state index in [1.165, 1.54) is 17.6 Å². The minimum absolute atomic E-state index is 0.265. The first-order valence-corrected chi connectivity index (χ1v) is 13.9. The Morgan fingerprint density at radius 3 is 2.29 bits per heavy atom. The van der Waals surface area contributed by atoms with Gasteiger partial charge < -0.3 is 10.1 Å². The zero-order valence-electron chi connectivity index (χ0n) is 21.5. The van der Waals surface area contributed by atoms with Gasteiger partial charge in [-0.15, -0.1) is 11.3 Å². The first-order chi connectivity index (χ1) is 19.8. The number of rotatable bonds is 7. The predicted octanol–water partition coefficient (Wildman–Crippen LogP) is 7.75. The second kappa shape index (κ2) is 12.3. The molecule has 204 valence electrons. The maximum Gasteiger partial charge on any atom is 0.355 e. The lowest BCUT2D eigenvalue weighted by molar-refractivity contribution is 0.0739. The van der Waals surface area contributed by atoms with Gasteiger partial charge in [0.05, 0.1) is 11.2 Å². The second-order valence-electron chi connectivity index (χ2n) is 8.91. The van der Waals surface area contributed by atoms with Gasteiger partial charge in [-0.25, -0.2) is 10.2 Å². The average molecular weight is 602 g/mol. The van der Waals surface area contributed by atoms with E-state index in [1.54, 1.807) is 72.8 Å². The molecule has 0 aliphatic carbocycles. The Morgan fingerprint density at radius 2 is 1.54 bits per heavy atom. The molecule has 0 aliphatic rings. The van der Waals surface area contributed by atoms with Crippen molar-refractivity contribution >= 4 is 74.3 Å². The molecule has 0 fully saturated rings. The van der Waals surface area contributed by atoms with Gasteiger partial charge in [0.15, 0.2) is 0 Å². The predicted molar refractivity (Wildman–Crippen MR) is 164 cm³/mol. The third-order valence-corrected chi connectivity index (χ3v) is 7.86. The van der Waals surface area contributed by atoms with E-state index in [0.29, 0.717) is 37.3 Å². The van der Waals surface area contributed by atoms with Crippen LogP contribution in [-0.4, -0.2) is 24.0 Å². The summed E-state index contributed by atoms with van der Waals surface area (Å²) in [7, 11) is 0. The van der Waals surface area contributed by atoms with Gasteiger partial charge in [0.1, 0.15) is 10.6 Å². The Labute approximate surface area is 249 Å². The lowest BCUT2D eigenvalue weighted by Gasteiger charge is -2.07. The third-order valence-electron chi connectivity index (χ3n) is 5.97. The average Bonchev–Trinajstić information content (AvgIpc) is 3.29. The van der Waals surface area contributed by atoms with E-state index in [9.17, 15) is 14.4 Å². The molecule has 0 aliphatic heterocycles. The van der Waals surface area contributed by atoms with Gasteiger partial charge in [0, 0.05) is 37.5 Å². The number of carbonyl (C=O) groups is 3. The minimum atomic E-state index is -0.581.